The lowest BCUT2D eigenvalue weighted by Gasteiger charge is -2.07. The highest BCUT2D eigenvalue weighted by atomic mass is 79.9. The summed E-state index contributed by atoms with van der Waals surface area (Å²) >= 11 is 6.39. The molecule has 0 saturated heterocycles. The Bertz CT molecular complexity index is 457. The maximum Gasteiger partial charge on any atom is 0.326 e. The maximum atomic E-state index is 11.7. The number of pyridine rings is 1. The summed E-state index contributed by atoms with van der Waals surface area (Å²) in [4.78, 5) is 23.1. The van der Waals surface area contributed by atoms with Gasteiger partial charge in [-0.3, -0.25) is 9.59 Å². The van der Waals surface area contributed by atoms with Crippen LogP contribution < -0.4 is 5.56 Å². The zero-order valence-electron chi connectivity index (χ0n) is 9.41. The van der Waals surface area contributed by atoms with Crippen LogP contribution >= 0.6 is 31.9 Å². The Kier molecular flexibility index (Phi) is 5.91. The third-order valence-corrected chi connectivity index (χ3v) is 3.07. The molecule has 1 aromatic rings. The van der Waals surface area contributed by atoms with Crippen molar-refractivity contribution < 1.29 is 9.53 Å². The van der Waals surface area contributed by atoms with Gasteiger partial charge < -0.3 is 9.30 Å². The summed E-state index contributed by atoms with van der Waals surface area (Å²) in [6.07, 6.45) is 3.37. The van der Waals surface area contributed by atoms with Crippen molar-refractivity contribution in [2.24, 2.45) is 0 Å². The maximum absolute atomic E-state index is 11.7. The fraction of sp³-hybridized carbons (Fsp3) is 0.455. The molecule has 0 bridgehead atoms. The molecule has 0 radical (unpaired) electrons. The Morgan fingerprint density at radius 1 is 1.47 bits per heavy atom. The van der Waals surface area contributed by atoms with Gasteiger partial charge in [0.05, 0.1) is 11.1 Å². The molecule has 1 heterocycles. The normalized spacial score (nSPS) is 10.3. The molecule has 0 atom stereocenters. The molecule has 1 rings (SSSR count). The van der Waals surface area contributed by atoms with Crippen molar-refractivity contribution in [3.8, 4) is 0 Å². The molecule has 0 amide bonds. The monoisotopic (exact) mass is 365 g/mol. The van der Waals surface area contributed by atoms with Gasteiger partial charge in [-0.1, -0.05) is 13.3 Å². The largest absolute Gasteiger partial charge is 0.464 e. The molecule has 94 valence electrons. The number of hydrogen-bond acceptors (Lipinski definition) is 3. The highest BCUT2D eigenvalue weighted by Crippen LogP contribution is 2.12. The number of hydrogen-bond donors (Lipinski definition) is 0. The molecule has 0 aliphatic carbocycles. The minimum Gasteiger partial charge on any atom is -0.464 e. The molecule has 0 spiro atoms. The van der Waals surface area contributed by atoms with Gasteiger partial charge in [-0.15, -0.1) is 0 Å². The number of halogens is 2. The highest BCUT2D eigenvalue weighted by molar-refractivity contribution is 9.11. The number of carbonyl (C=O) groups excluding carboxylic acids is 1. The molecule has 0 unspecified atom stereocenters. The molecule has 1 aromatic heterocycles. The van der Waals surface area contributed by atoms with Crippen LogP contribution in [-0.2, 0) is 16.1 Å². The average molecular weight is 367 g/mol. The van der Waals surface area contributed by atoms with Crippen LogP contribution in [0, 0.1) is 0 Å². The molecule has 0 saturated carbocycles. The second-order valence-electron chi connectivity index (χ2n) is 3.51. The molecule has 0 N–H and O–H groups in total. The Morgan fingerprint density at radius 3 is 2.82 bits per heavy atom. The Hall–Kier alpha value is -0.620. The molecule has 0 aromatic carbocycles. The summed E-state index contributed by atoms with van der Waals surface area (Å²) in [6, 6.07) is 1.64. The van der Waals surface area contributed by atoms with Crippen LogP contribution in [0.25, 0.3) is 0 Å². The smallest absolute Gasteiger partial charge is 0.326 e. The molecular weight excluding hydrogens is 354 g/mol. The van der Waals surface area contributed by atoms with Gasteiger partial charge in [-0.2, -0.15) is 0 Å². The van der Waals surface area contributed by atoms with E-state index in [0.717, 1.165) is 17.3 Å². The SMILES string of the molecule is CCCCOC(=O)Cn1cc(Br)cc(Br)c1=O. The van der Waals surface area contributed by atoms with E-state index in [-0.39, 0.29) is 12.1 Å². The standard InChI is InChI=1S/C11H13Br2NO3/c1-2-3-4-17-10(15)7-14-6-8(12)5-9(13)11(14)16/h5-6H,2-4,7H2,1H3. The van der Waals surface area contributed by atoms with Gasteiger partial charge in [-0.05, 0) is 44.3 Å². The lowest BCUT2D eigenvalue weighted by Crippen LogP contribution is -2.25. The summed E-state index contributed by atoms with van der Waals surface area (Å²) in [5, 5.41) is 0. The van der Waals surface area contributed by atoms with Gasteiger partial charge in [0.2, 0.25) is 0 Å². The van der Waals surface area contributed by atoms with Crippen molar-refractivity contribution in [3.63, 3.8) is 0 Å². The van der Waals surface area contributed by atoms with Crippen molar-refractivity contribution in [3.05, 3.63) is 31.6 Å². The molecule has 0 fully saturated rings. The third-order valence-electron chi connectivity index (χ3n) is 2.07. The van der Waals surface area contributed by atoms with Crippen molar-refractivity contribution in [2.75, 3.05) is 6.61 Å². The first-order valence-electron chi connectivity index (χ1n) is 5.25. The molecule has 0 aliphatic heterocycles. The Labute approximate surface area is 116 Å². The van der Waals surface area contributed by atoms with E-state index in [1.807, 2.05) is 6.92 Å². The first kappa shape index (κ1) is 14.4. The van der Waals surface area contributed by atoms with E-state index < -0.39 is 5.97 Å². The minimum absolute atomic E-state index is 0.0689. The van der Waals surface area contributed by atoms with Crippen molar-refractivity contribution >= 4 is 37.8 Å². The number of ether oxygens (including phenoxy) is 1. The Morgan fingerprint density at radius 2 is 2.18 bits per heavy atom. The number of carbonyl (C=O) groups is 1. The van der Waals surface area contributed by atoms with E-state index in [1.165, 1.54) is 4.57 Å². The molecule has 6 heteroatoms. The first-order chi connectivity index (χ1) is 8.04. The van der Waals surface area contributed by atoms with E-state index in [0.29, 0.717) is 11.1 Å². The van der Waals surface area contributed by atoms with Crippen LogP contribution in [0.5, 0.6) is 0 Å². The van der Waals surface area contributed by atoms with Gasteiger partial charge in [0.25, 0.3) is 5.56 Å². The molecule has 17 heavy (non-hydrogen) atoms. The van der Waals surface area contributed by atoms with E-state index in [1.54, 1.807) is 12.3 Å². The lowest BCUT2D eigenvalue weighted by atomic mass is 10.4. The van der Waals surface area contributed by atoms with Gasteiger partial charge in [0.1, 0.15) is 6.54 Å². The zero-order chi connectivity index (χ0) is 12.8. The predicted octanol–water partition coefficient (Wildman–Crippen LogP) is 2.72. The van der Waals surface area contributed by atoms with Crippen molar-refractivity contribution in [1.82, 2.24) is 4.57 Å². The van der Waals surface area contributed by atoms with Crippen molar-refractivity contribution in [2.45, 2.75) is 26.3 Å². The second kappa shape index (κ2) is 6.96. The minimum atomic E-state index is -0.398. The van der Waals surface area contributed by atoms with E-state index in [4.69, 9.17) is 4.74 Å². The molecule has 0 aliphatic rings. The summed E-state index contributed by atoms with van der Waals surface area (Å²) in [7, 11) is 0. The Balaban J connectivity index is 2.68. The van der Waals surface area contributed by atoms with Crippen LogP contribution in [0.3, 0.4) is 0 Å². The zero-order valence-corrected chi connectivity index (χ0v) is 12.6. The van der Waals surface area contributed by atoms with E-state index in [2.05, 4.69) is 31.9 Å². The summed E-state index contributed by atoms with van der Waals surface area (Å²) in [6.45, 7) is 2.35. The summed E-state index contributed by atoms with van der Waals surface area (Å²) < 4.78 is 7.44. The number of unbranched alkanes of at least 4 members (excludes halogenated alkanes) is 1. The number of rotatable bonds is 5. The van der Waals surface area contributed by atoms with Crippen molar-refractivity contribution in [1.29, 1.82) is 0 Å². The van der Waals surface area contributed by atoms with Gasteiger partial charge in [0.15, 0.2) is 0 Å². The topological polar surface area (TPSA) is 48.3 Å². The van der Waals surface area contributed by atoms with Crippen LogP contribution in [0.15, 0.2) is 26.0 Å². The summed E-state index contributed by atoms with van der Waals surface area (Å²) in [5.41, 5.74) is -0.249. The number of nitrogens with zero attached hydrogens (tertiary/aromatic N) is 1. The predicted molar refractivity (Wildman–Crippen MR) is 72.0 cm³/mol. The average Bonchev–Trinajstić information content (AvgIpc) is 2.25. The fourth-order valence-electron chi connectivity index (χ4n) is 1.20. The van der Waals surface area contributed by atoms with Gasteiger partial charge >= 0.3 is 5.97 Å². The quantitative estimate of drug-likeness (QED) is 0.594. The number of esters is 1. The van der Waals surface area contributed by atoms with Gasteiger partial charge in [0, 0.05) is 10.7 Å². The van der Waals surface area contributed by atoms with Crippen LogP contribution in [0.2, 0.25) is 0 Å². The fourth-order valence-corrected chi connectivity index (χ4v) is 2.45. The molecular formula is C11H13Br2NO3. The number of aromatic nitrogens is 1. The third kappa shape index (κ3) is 4.63. The van der Waals surface area contributed by atoms with E-state index in [9.17, 15) is 9.59 Å². The molecule has 4 nitrogen and oxygen atoms in total. The lowest BCUT2D eigenvalue weighted by molar-refractivity contribution is -0.144. The summed E-state index contributed by atoms with van der Waals surface area (Å²) in [5.74, 6) is -0.398. The van der Waals surface area contributed by atoms with E-state index >= 15 is 0 Å². The van der Waals surface area contributed by atoms with Crippen LogP contribution in [-0.4, -0.2) is 17.1 Å². The first-order valence-corrected chi connectivity index (χ1v) is 6.84. The van der Waals surface area contributed by atoms with Crippen LogP contribution in [0.1, 0.15) is 19.8 Å². The van der Waals surface area contributed by atoms with Crippen LogP contribution in [0.4, 0.5) is 0 Å². The van der Waals surface area contributed by atoms with Gasteiger partial charge in [-0.25, -0.2) is 0 Å². The highest BCUT2D eigenvalue weighted by Gasteiger charge is 2.08. The second-order valence-corrected chi connectivity index (χ2v) is 5.28.